The molecule has 1 heterocycles. The fourth-order valence-electron chi connectivity index (χ4n) is 2.98. The summed E-state index contributed by atoms with van der Waals surface area (Å²) in [5.74, 6) is -0.210. The van der Waals surface area contributed by atoms with Gasteiger partial charge in [0, 0.05) is 18.1 Å². The number of rotatable bonds is 4. The largest absolute Gasteiger partial charge is 0.341 e. The Bertz CT molecular complexity index is 701. The molecule has 134 valence electrons. The van der Waals surface area contributed by atoms with Gasteiger partial charge in [0.25, 0.3) is 0 Å². The zero-order chi connectivity index (χ0) is 17.9. The fraction of sp³-hybridized carbons (Fsp3) is 0.562. The summed E-state index contributed by atoms with van der Waals surface area (Å²) in [6.45, 7) is 2.90. The number of hydrogen-bond acceptors (Lipinski definition) is 3. The average molecular weight is 393 g/mol. The summed E-state index contributed by atoms with van der Waals surface area (Å²) in [6.07, 6.45) is 5.13. The van der Waals surface area contributed by atoms with Crippen molar-refractivity contribution in [3.8, 4) is 0 Å². The van der Waals surface area contributed by atoms with Crippen molar-refractivity contribution in [2.45, 2.75) is 38.6 Å². The second-order valence-corrected chi connectivity index (χ2v) is 8.77. The van der Waals surface area contributed by atoms with Gasteiger partial charge in [-0.1, -0.05) is 36.0 Å². The highest BCUT2D eigenvalue weighted by Gasteiger charge is 2.33. The van der Waals surface area contributed by atoms with Crippen molar-refractivity contribution >= 4 is 44.8 Å². The highest BCUT2D eigenvalue weighted by atomic mass is 35.5. The van der Waals surface area contributed by atoms with Crippen LogP contribution in [0, 0.1) is 0 Å². The smallest absolute Gasteiger partial charge is 0.246 e. The Kier molecular flexibility index (Phi) is 6.39. The average Bonchev–Trinajstić information content (AvgIpc) is 2.78. The van der Waals surface area contributed by atoms with Crippen LogP contribution in [0.25, 0.3) is 0 Å². The lowest BCUT2D eigenvalue weighted by Gasteiger charge is -2.32. The van der Waals surface area contributed by atoms with Crippen LogP contribution in [0.15, 0.2) is 18.2 Å². The molecule has 1 aliphatic rings. The summed E-state index contributed by atoms with van der Waals surface area (Å²) in [5.41, 5.74) is 0.224. The predicted octanol–water partition coefficient (Wildman–Crippen LogP) is 3.55. The second kappa shape index (κ2) is 7.93. The molecule has 0 bridgehead atoms. The van der Waals surface area contributed by atoms with Crippen LogP contribution in [0.2, 0.25) is 10.0 Å². The zero-order valence-corrected chi connectivity index (χ0v) is 16.2. The number of likely N-dealkylation sites (tertiary alicyclic amines) is 1. The lowest BCUT2D eigenvalue weighted by atomic mass is 10.2. The van der Waals surface area contributed by atoms with Crippen LogP contribution < -0.4 is 4.31 Å². The first-order valence-corrected chi connectivity index (χ1v) is 10.6. The van der Waals surface area contributed by atoms with Crippen LogP contribution in [0.5, 0.6) is 0 Å². The van der Waals surface area contributed by atoms with E-state index in [1.165, 1.54) is 12.1 Å². The molecule has 1 amide bonds. The summed E-state index contributed by atoms with van der Waals surface area (Å²) in [5, 5.41) is 0.595. The molecule has 0 spiro atoms. The summed E-state index contributed by atoms with van der Waals surface area (Å²) in [4.78, 5) is 14.6. The third-order valence-electron chi connectivity index (χ3n) is 4.13. The topological polar surface area (TPSA) is 57.7 Å². The van der Waals surface area contributed by atoms with E-state index in [4.69, 9.17) is 23.2 Å². The third-order valence-corrected chi connectivity index (χ3v) is 5.91. The van der Waals surface area contributed by atoms with E-state index in [0.717, 1.165) is 36.2 Å². The molecule has 0 saturated carbocycles. The van der Waals surface area contributed by atoms with Gasteiger partial charge in [-0.3, -0.25) is 9.10 Å². The van der Waals surface area contributed by atoms with Crippen molar-refractivity contribution < 1.29 is 13.2 Å². The first-order valence-electron chi connectivity index (χ1n) is 7.95. The van der Waals surface area contributed by atoms with Crippen LogP contribution in [0.1, 0.15) is 32.6 Å². The van der Waals surface area contributed by atoms with Crippen molar-refractivity contribution in [2.75, 3.05) is 23.7 Å². The molecule has 0 N–H and O–H groups in total. The van der Waals surface area contributed by atoms with Gasteiger partial charge < -0.3 is 4.90 Å². The number of carbonyl (C=O) groups is 1. The number of anilines is 1. The number of carbonyl (C=O) groups excluding carboxylic acids is 1. The Morgan fingerprint density at radius 3 is 2.29 bits per heavy atom. The maximum atomic E-state index is 12.9. The van der Waals surface area contributed by atoms with Crippen molar-refractivity contribution in [3.05, 3.63) is 28.2 Å². The number of hydrogen-bond donors (Lipinski definition) is 0. The van der Waals surface area contributed by atoms with Crippen LogP contribution in [-0.2, 0) is 14.8 Å². The molecular formula is C16H22Cl2N2O3S. The van der Waals surface area contributed by atoms with E-state index in [-0.39, 0.29) is 16.6 Å². The third kappa shape index (κ3) is 4.55. The Hall–Kier alpha value is -0.980. The van der Waals surface area contributed by atoms with Gasteiger partial charge in [0.2, 0.25) is 15.9 Å². The number of halogens is 2. The lowest BCUT2D eigenvalue weighted by Crippen LogP contribution is -2.49. The Balaban J connectivity index is 2.37. The quantitative estimate of drug-likeness (QED) is 0.786. The van der Waals surface area contributed by atoms with Gasteiger partial charge in [0.1, 0.15) is 6.04 Å². The van der Waals surface area contributed by atoms with E-state index in [0.29, 0.717) is 18.1 Å². The minimum absolute atomic E-state index is 0.210. The molecule has 5 nitrogen and oxygen atoms in total. The van der Waals surface area contributed by atoms with Gasteiger partial charge in [-0.2, -0.15) is 0 Å². The summed E-state index contributed by atoms with van der Waals surface area (Å²) in [7, 11) is -3.71. The molecule has 0 aromatic heterocycles. The molecule has 1 fully saturated rings. The molecule has 0 unspecified atom stereocenters. The van der Waals surface area contributed by atoms with Crippen molar-refractivity contribution in [2.24, 2.45) is 0 Å². The maximum absolute atomic E-state index is 12.9. The first-order chi connectivity index (χ1) is 11.2. The molecular weight excluding hydrogens is 371 g/mol. The van der Waals surface area contributed by atoms with Crippen molar-refractivity contribution in [1.82, 2.24) is 4.90 Å². The minimum Gasteiger partial charge on any atom is -0.341 e. The normalized spacial score (nSPS) is 17.2. The van der Waals surface area contributed by atoms with E-state index in [9.17, 15) is 13.2 Å². The molecule has 8 heteroatoms. The molecule has 24 heavy (non-hydrogen) atoms. The predicted molar refractivity (Wildman–Crippen MR) is 98.3 cm³/mol. The molecule has 1 aromatic carbocycles. The second-order valence-electron chi connectivity index (χ2n) is 6.07. The summed E-state index contributed by atoms with van der Waals surface area (Å²) < 4.78 is 25.8. The van der Waals surface area contributed by atoms with E-state index in [2.05, 4.69) is 0 Å². The Morgan fingerprint density at radius 1 is 1.17 bits per heavy atom. The lowest BCUT2D eigenvalue weighted by molar-refractivity contribution is -0.131. The minimum atomic E-state index is -3.71. The van der Waals surface area contributed by atoms with Crippen LogP contribution in [0.3, 0.4) is 0 Å². The molecule has 1 atom stereocenters. The SMILES string of the molecule is C[C@@H](C(=O)N1CCCCCC1)N(c1cc(Cl)ccc1Cl)S(C)(=O)=O. The van der Waals surface area contributed by atoms with E-state index < -0.39 is 16.1 Å². The Labute approximate surface area is 153 Å². The van der Waals surface area contributed by atoms with Crippen molar-refractivity contribution in [1.29, 1.82) is 0 Å². The van der Waals surface area contributed by atoms with Crippen LogP contribution >= 0.6 is 23.2 Å². The number of sulfonamides is 1. The van der Waals surface area contributed by atoms with Gasteiger partial charge in [-0.05, 0) is 38.0 Å². The Morgan fingerprint density at radius 2 is 1.75 bits per heavy atom. The number of benzene rings is 1. The highest BCUT2D eigenvalue weighted by molar-refractivity contribution is 7.92. The highest BCUT2D eigenvalue weighted by Crippen LogP contribution is 2.32. The fourth-order valence-corrected chi connectivity index (χ4v) is 4.58. The van der Waals surface area contributed by atoms with Crippen molar-refractivity contribution in [3.63, 3.8) is 0 Å². The zero-order valence-electron chi connectivity index (χ0n) is 13.8. The first kappa shape index (κ1) is 19.3. The van der Waals surface area contributed by atoms with Gasteiger partial charge >= 0.3 is 0 Å². The van der Waals surface area contributed by atoms with Gasteiger partial charge in [-0.25, -0.2) is 8.42 Å². The van der Waals surface area contributed by atoms with Crippen LogP contribution in [0.4, 0.5) is 5.69 Å². The van der Waals surface area contributed by atoms with E-state index in [1.54, 1.807) is 17.9 Å². The maximum Gasteiger partial charge on any atom is 0.246 e. The van der Waals surface area contributed by atoms with Crippen LogP contribution in [-0.4, -0.2) is 44.6 Å². The molecule has 0 radical (unpaired) electrons. The van der Waals surface area contributed by atoms with Gasteiger partial charge in [0.05, 0.1) is 17.0 Å². The summed E-state index contributed by atoms with van der Waals surface area (Å²) in [6, 6.07) is 3.70. The van der Waals surface area contributed by atoms with E-state index >= 15 is 0 Å². The molecule has 1 saturated heterocycles. The number of nitrogens with zero attached hydrogens (tertiary/aromatic N) is 2. The molecule has 0 aliphatic carbocycles. The van der Waals surface area contributed by atoms with E-state index in [1.807, 2.05) is 0 Å². The summed E-state index contributed by atoms with van der Waals surface area (Å²) >= 11 is 12.2. The van der Waals surface area contributed by atoms with Gasteiger partial charge in [-0.15, -0.1) is 0 Å². The molecule has 2 rings (SSSR count). The number of amides is 1. The monoisotopic (exact) mass is 392 g/mol. The molecule has 1 aliphatic heterocycles. The van der Waals surface area contributed by atoms with Gasteiger partial charge in [0.15, 0.2) is 0 Å². The molecule has 1 aromatic rings. The standard InChI is InChI=1S/C16H22Cl2N2O3S/c1-12(16(21)19-9-5-3-4-6-10-19)20(24(2,22)23)15-11-13(17)7-8-14(15)18/h7-8,11-12H,3-6,9-10H2,1-2H3/t12-/m0/s1.